The van der Waals surface area contributed by atoms with E-state index in [-0.39, 0.29) is 18.5 Å². The smallest absolute Gasteiger partial charge is 0.327 e. The molecule has 0 fully saturated rings. The van der Waals surface area contributed by atoms with Gasteiger partial charge in [-0.15, -0.1) is 5.10 Å². The zero-order valence-electron chi connectivity index (χ0n) is 9.59. The van der Waals surface area contributed by atoms with Crippen LogP contribution in [0.3, 0.4) is 0 Å². The van der Waals surface area contributed by atoms with Gasteiger partial charge in [-0.05, 0) is 20.5 Å². The lowest BCUT2D eigenvalue weighted by atomic mass is 10.4. The van der Waals surface area contributed by atoms with Gasteiger partial charge in [0.05, 0.1) is 6.61 Å². The SMILES string of the molecule is CN(C)CCCOC(=O)Cn1cnc(N)n1. The Balaban J connectivity index is 2.16. The van der Waals surface area contributed by atoms with Crippen molar-refractivity contribution in [3.05, 3.63) is 6.33 Å². The van der Waals surface area contributed by atoms with Crippen molar-refractivity contribution in [2.75, 3.05) is 33.0 Å². The molecule has 7 heteroatoms. The van der Waals surface area contributed by atoms with E-state index in [1.54, 1.807) is 0 Å². The average Bonchev–Trinajstić information content (AvgIpc) is 2.58. The molecule has 0 aromatic carbocycles. The summed E-state index contributed by atoms with van der Waals surface area (Å²) in [5.41, 5.74) is 5.31. The highest BCUT2D eigenvalue weighted by atomic mass is 16.5. The van der Waals surface area contributed by atoms with Gasteiger partial charge in [0.15, 0.2) is 0 Å². The van der Waals surface area contributed by atoms with Gasteiger partial charge in [-0.2, -0.15) is 0 Å². The Bertz CT molecular complexity index is 336. The van der Waals surface area contributed by atoms with Crippen molar-refractivity contribution in [1.82, 2.24) is 19.7 Å². The Morgan fingerprint density at radius 2 is 2.38 bits per heavy atom. The van der Waals surface area contributed by atoms with Gasteiger partial charge in [-0.25, -0.2) is 9.67 Å². The number of carbonyl (C=O) groups is 1. The van der Waals surface area contributed by atoms with Crippen LogP contribution in [0, 0.1) is 0 Å². The molecular weight excluding hydrogens is 210 g/mol. The number of esters is 1. The molecule has 0 unspecified atom stereocenters. The molecule has 0 spiro atoms. The fourth-order valence-corrected chi connectivity index (χ4v) is 1.13. The first-order valence-corrected chi connectivity index (χ1v) is 5.03. The highest BCUT2D eigenvalue weighted by Crippen LogP contribution is 1.92. The van der Waals surface area contributed by atoms with E-state index in [2.05, 4.69) is 10.1 Å². The number of nitrogen functional groups attached to an aromatic ring is 1. The monoisotopic (exact) mass is 227 g/mol. The Morgan fingerprint density at radius 3 is 2.94 bits per heavy atom. The van der Waals surface area contributed by atoms with Gasteiger partial charge in [-0.1, -0.05) is 0 Å². The first-order chi connectivity index (χ1) is 7.58. The largest absolute Gasteiger partial charge is 0.464 e. The van der Waals surface area contributed by atoms with Crippen molar-refractivity contribution < 1.29 is 9.53 Å². The first kappa shape index (κ1) is 12.4. The Morgan fingerprint density at radius 1 is 1.62 bits per heavy atom. The van der Waals surface area contributed by atoms with E-state index in [0.29, 0.717) is 6.61 Å². The number of aromatic nitrogens is 3. The summed E-state index contributed by atoms with van der Waals surface area (Å²) in [5, 5.41) is 3.78. The van der Waals surface area contributed by atoms with E-state index in [1.165, 1.54) is 11.0 Å². The fourth-order valence-electron chi connectivity index (χ4n) is 1.13. The third kappa shape index (κ3) is 4.74. The molecule has 0 aliphatic heterocycles. The Labute approximate surface area is 94.2 Å². The second kappa shape index (κ2) is 6.06. The fraction of sp³-hybridized carbons (Fsp3) is 0.667. The van der Waals surface area contributed by atoms with E-state index >= 15 is 0 Å². The number of anilines is 1. The van der Waals surface area contributed by atoms with Crippen LogP contribution >= 0.6 is 0 Å². The molecule has 1 aromatic heterocycles. The summed E-state index contributed by atoms with van der Waals surface area (Å²) in [5.74, 6) is -0.177. The van der Waals surface area contributed by atoms with E-state index in [9.17, 15) is 4.79 Å². The van der Waals surface area contributed by atoms with Crippen molar-refractivity contribution >= 4 is 11.9 Å². The topological polar surface area (TPSA) is 86.3 Å². The van der Waals surface area contributed by atoms with Crippen LogP contribution in [-0.4, -0.2) is 52.9 Å². The Kier molecular flexibility index (Phi) is 4.71. The number of carbonyl (C=O) groups excluding carboxylic acids is 1. The predicted octanol–water partition coefficient (Wildman–Crippen LogP) is -0.645. The van der Waals surface area contributed by atoms with Crippen LogP contribution < -0.4 is 5.73 Å². The number of nitrogens with zero attached hydrogens (tertiary/aromatic N) is 4. The molecule has 1 aromatic rings. The summed E-state index contributed by atoms with van der Waals surface area (Å²) in [6.45, 7) is 1.36. The van der Waals surface area contributed by atoms with Gasteiger partial charge in [-0.3, -0.25) is 4.79 Å². The molecule has 7 nitrogen and oxygen atoms in total. The van der Waals surface area contributed by atoms with Crippen LogP contribution in [0.4, 0.5) is 5.95 Å². The molecule has 0 amide bonds. The molecule has 90 valence electrons. The number of rotatable bonds is 6. The van der Waals surface area contributed by atoms with Crippen molar-refractivity contribution in [1.29, 1.82) is 0 Å². The van der Waals surface area contributed by atoms with Gasteiger partial charge >= 0.3 is 5.97 Å². The molecule has 0 saturated carbocycles. The summed E-state index contributed by atoms with van der Waals surface area (Å²) >= 11 is 0. The summed E-state index contributed by atoms with van der Waals surface area (Å²) < 4.78 is 6.36. The number of ether oxygens (including phenoxy) is 1. The third-order valence-corrected chi connectivity index (χ3v) is 1.86. The zero-order valence-corrected chi connectivity index (χ0v) is 9.59. The molecule has 0 saturated heterocycles. The molecular formula is C9H17N5O2. The maximum Gasteiger partial charge on any atom is 0.327 e. The zero-order chi connectivity index (χ0) is 12.0. The minimum atomic E-state index is -0.330. The van der Waals surface area contributed by atoms with Gasteiger partial charge in [0.1, 0.15) is 12.9 Å². The molecule has 16 heavy (non-hydrogen) atoms. The van der Waals surface area contributed by atoms with Gasteiger partial charge in [0.2, 0.25) is 5.95 Å². The van der Waals surface area contributed by atoms with Crippen molar-refractivity contribution in [2.24, 2.45) is 0 Å². The number of hydrogen-bond acceptors (Lipinski definition) is 6. The summed E-state index contributed by atoms with van der Waals surface area (Å²) in [6, 6.07) is 0. The molecule has 2 N–H and O–H groups in total. The average molecular weight is 227 g/mol. The molecule has 1 rings (SSSR count). The lowest BCUT2D eigenvalue weighted by Gasteiger charge is -2.09. The molecule has 0 bridgehead atoms. The standard InChI is InChI=1S/C9H17N5O2/c1-13(2)4-3-5-16-8(15)6-14-7-11-9(10)12-14/h7H,3-6H2,1-2H3,(H2,10,12). The lowest BCUT2D eigenvalue weighted by Crippen LogP contribution is -2.18. The first-order valence-electron chi connectivity index (χ1n) is 5.03. The second-order valence-electron chi connectivity index (χ2n) is 3.68. The molecule has 1 heterocycles. The summed E-state index contributed by atoms with van der Waals surface area (Å²) in [4.78, 5) is 17.0. The maximum atomic E-state index is 11.3. The summed E-state index contributed by atoms with van der Waals surface area (Å²) in [6.07, 6.45) is 2.22. The van der Waals surface area contributed by atoms with Crippen LogP contribution in [-0.2, 0) is 16.1 Å². The highest BCUT2D eigenvalue weighted by molar-refractivity contribution is 5.68. The van der Waals surface area contributed by atoms with E-state index < -0.39 is 0 Å². The highest BCUT2D eigenvalue weighted by Gasteiger charge is 2.05. The maximum absolute atomic E-state index is 11.3. The van der Waals surface area contributed by atoms with E-state index in [4.69, 9.17) is 10.5 Å². The van der Waals surface area contributed by atoms with Gasteiger partial charge in [0, 0.05) is 6.54 Å². The van der Waals surface area contributed by atoms with Crippen molar-refractivity contribution in [3.63, 3.8) is 0 Å². The molecule has 0 aliphatic rings. The molecule has 0 atom stereocenters. The molecule has 0 radical (unpaired) electrons. The second-order valence-corrected chi connectivity index (χ2v) is 3.68. The number of nitrogens with two attached hydrogens (primary N) is 1. The van der Waals surface area contributed by atoms with Gasteiger partial charge < -0.3 is 15.4 Å². The third-order valence-electron chi connectivity index (χ3n) is 1.86. The van der Waals surface area contributed by atoms with Crippen LogP contribution in [0.1, 0.15) is 6.42 Å². The van der Waals surface area contributed by atoms with Crippen LogP contribution in [0.25, 0.3) is 0 Å². The van der Waals surface area contributed by atoms with Crippen molar-refractivity contribution in [2.45, 2.75) is 13.0 Å². The number of hydrogen-bond donors (Lipinski definition) is 1. The minimum Gasteiger partial charge on any atom is -0.464 e. The quantitative estimate of drug-likeness (QED) is 0.513. The minimum absolute atomic E-state index is 0.0478. The van der Waals surface area contributed by atoms with E-state index in [0.717, 1.165) is 13.0 Å². The lowest BCUT2D eigenvalue weighted by molar-refractivity contribution is -0.144. The van der Waals surface area contributed by atoms with Crippen LogP contribution in [0.15, 0.2) is 6.33 Å². The predicted molar refractivity (Wildman–Crippen MR) is 58.6 cm³/mol. The normalized spacial score (nSPS) is 10.7. The molecule has 0 aliphatic carbocycles. The summed E-state index contributed by atoms with van der Waals surface area (Å²) in [7, 11) is 3.94. The van der Waals surface area contributed by atoms with E-state index in [1.807, 2.05) is 19.0 Å². The van der Waals surface area contributed by atoms with Crippen LogP contribution in [0.5, 0.6) is 0 Å². The van der Waals surface area contributed by atoms with Crippen molar-refractivity contribution in [3.8, 4) is 0 Å². The van der Waals surface area contributed by atoms with Gasteiger partial charge in [0.25, 0.3) is 0 Å². The Hall–Kier alpha value is -1.63. The van der Waals surface area contributed by atoms with Crippen LogP contribution in [0.2, 0.25) is 0 Å².